The molecular formula is C17H35NO. The van der Waals surface area contributed by atoms with Gasteiger partial charge in [0, 0.05) is 6.04 Å². The number of rotatable bonds is 10. The van der Waals surface area contributed by atoms with Gasteiger partial charge in [0.15, 0.2) is 0 Å². The first-order valence-electron chi connectivity index (χ1n) is 8.76. The highest BCUT2D eigenvalue weighted by Crippen LogP contribution is 2.18. The van der Waals surface area contributed by atoms with Gasteiger partial charge in [0.05, 0.1) is 6.10 Å². The van der Waals surface area contributed by atoms with Gasteiger partial charge in [-0.1, -0.05) is 71.1 Å². The van der Waals surface area contributed by atoms with Gasteiger partial charge in [-0.15, -0.1) is 0 Å². The molecule has 19 heavy (non-hydrogen) atoms. The van der Waals surface area contributed by atoms with Crippen molar-refractivity contribution in [1.29, 1.82) is 0 Å². The number of hydrogen-bond donors (Lipinski definition) is 2. The first-order valence-corrected chi connectivity index (χ1v) is 8.76. The molecule has 2 heteroatoms. The molecule has 0 radical (unpaired) electrons. The standard InChI is InChI=1S/C17H35NO/c1-2-3-4-5-6-7-8-12-15-18-16-13-10-9-11-14-17(16)19/h16-19H,2-15H2,1H3. The van der Waals surface area contributed by atoms with Crippen LogP contribution in [0.25, 0.3) is 0 Å². The van der Waals surface area contributed by atoms with Crippen molar-refractivity contribution in [3.05, 3.63) is 0 Å². The summed E-state index contributed by atoms with van der Waals surface area (Å²) < 4.78 is 0. The van der Waals surface area contributed by atoms with Crippen LogP contribution in [0.2, 0.25) is 0 Å². The molecular weight excluding hydrogens is 234 g/mol. The van der Waals surface area contributed by atoms with Crippen LogP contribution in [-0.2, 0) is 0 Å². The molecule has 0 aromatic carbocycles. The van der Waals surface area contributed by atoms with Crippen molar-refractivity contribution in [3.63, 3.8) is 0 Å². The molecule has 0 spiro atoms. The van der Waals surface area contributed by atoms with E-state index in [1.807, 2.05) is 0 Å². The van der Waals surface area contributed by atoms with Gasteiger partial charge in [-0.2, -0.15) is 0 Å². The first kappa shape index (κ1) is 17.0. The van der Waals surface area contributed by atoms with Gasteiger partial charge in [0.1, 0.15) is 0 Å². The van der Waals surface area contributed by atoms with E-state index in [1.165, 1.54) is 70.6 Å². The highest BCUT2D eigenvalue weighted by molar-refractivity contribution is 4.78. The molecule has 2 unspecified atom stereocenters. The van der Waals surface area contributed by atoms with Gasteiger partial charge >= 0.3 is 0 Å². The van der Waals surface area contributed by atoms with Crippen LogP contribution in [0, 0.1) is 0 Å². The highest BCUT2D eigenvalue weighted by Gasteiger charge is 2.20. The lowest BCUT2D eigenvalue weighted by Gasteiger charge is -2.21. The van der Waals surface area contributed by atoms with Gasteiger partial charge in [-0.3, -0.25) is 0 Å². The summed E-state index contributed by atoms with van der Waals surface area (Å²) in [5.74, 6) is 0. The average molecular weight is 269 g/mol. The van der Waals surface area contributed by atoms with Gasteiger partial charge < -0.3 is 10.4 Å². The molecule has 0 amide bonds. The predicted octanol–water partition coefficient (Wildman–Crippen LogP) is 4.41. The minimum absolute atomic E-state index is 0.100. The molecule has 1 aliphatic rings. The van der Waals surface area contributed by atoms with Crippen molar-refractivity contribution >= 4 is 0 Å². The summed E-state index contributed by atoms with van der Waals surface area (Å²) in [6.07, 6.45) is 16.9. The molecule has 1 rings (SSSR count). The Kier molecular flexibility index (Phi) is 10.5. The third-order valence-corrected chi connectivity index (χ3v) is 4.42. The number of hydrogen-bond acceptors (Lipinski definition) is 2. The second kappa shape index (κ2) is 11.7. The maximum atomic E-state index is 10.0. The van der Waals surface area contributed by atoms with E-state index in [0.717, 1.165) is 19.4 Å². The summed E-state index contributed by atoms with van der Waals surface area (Å²) in [5.41, 5.74) is 0. The predicted molar refractivity (Wildman–Crippen MR) is 83.5 cm³/mol. The Morgan fingerprint density at radius 3 is 2.21 bits per heavy atom. The number of aliphatic hydroxyl groups is 1. The number of unbranched alkanes of at least 4 members (excludes halogenated alkanes) is 7. The van der Waals surface area contributed by atoms with E-state index in [-0.39, 0.29) is 6.10 Å². The van der Waals surface area contributed by atoms with E-state index in [1.54, 1.807) is 0 Å². The number of aliphatic hydroxyl groups excluding tert-OH is 1. The zero-order valence-electron chi connectivity index (χ0n) is 13.0. The molecule has 2 atom stereocenters. The minimum atomic E-state index is -0.100. The van der Waals surface area contributed by atoms with Crippen molar-refractivity contribution in [2.45, 2.75) is 103 Å². The summed E-state index contributed by atoms with van der Waals surface area (Å²) in [6.45, 7) is 3.37. The Hall–Kier alpha value is -0.0800. The van der Waals surface area contributed by atoms with Crippen molar-refractivity contribution < 1.29 is 5.11 Å². The largest absolute Gasteiger partial charge is 0.392 e. The van der Waals surface area contributed by atoms with Gasteiger partial charge in [-0.05, 0) is 25.8 Å². The zero-order chi connectivity index (χ0) is 13.8. The maximum absolute atomic E-state index is 10.0. The van der Waals surface area contributed by atoms with Gasteiger partial charge in [-0.25, -0.2) is 0 Å². The monoisotopic (exact) mass is 269 g/mol. The fourth-order valence-corrected chi connectivity index (χ4v) is 3.07. The molecule has 0 bridgehead atoms. The van der Waals surface area contributed by atoms with Crippen molar-refractivity contribution in [2.75, 3.05) is 6.54 Å². The van der Waals surface area contributed by atoms with Gasteiger partial charge in [0.25, 0.3) is 0 Å². The van der Waals surface area contributed by atoms with E-state index in [4.69, 9.17) is 0 Å². The quantitative estimate of drug-likeness (QED) is 0.455. The van der Waals surface area contributed by atoms with Crippen molar-refractivity contribution in [2.24, 2.45) is 0 Å². The minimum Gasteiger partial charge on any atom is -0.392 e. The molecule has 2 nitrogen and oxygen atoms in total. The first-order chi connectivity index (χ1) is 9.34. The lowest BCUT2D eigenvalue weighted by molar-refractivity contribution is 0.120. The second-order valence-electron chi connectivity index (χ2n) is 6.24. The second-order valence-corrected chi connectivity index (χ2v) is 6.24. The van der Waals surface area contributed by atoms with E-state index >= 15 is 0 Å². The van der Waals surface area contributed by atoms with Crippen molar-refractivity contribution in [1.82, 2.24) is 5.32 Å². The van der Waals surface area contributed by atoms with Crippen LogP contribution in [-0.4, -0.2) is 23.8 Å². The fourth-order valence-electron chi connectivity index (χ4n) is 3.07. The summed E-state index contributed by atoms with van der Waals surface area (Å²) >= 11 is 0. The molecule has 0 aromatic heterocycles. The normalized spacial score (nSPS) is 24.3. The third kappa shape index (κ3) is 8.65. The Balaban J connectivity index is 1.89. The van der Waals surface area contributed by atoms with Crippen LogP contribution in [0.5, 0.6) is 0 Å². The van der Waals surface area contributed by atoms with Crippen LogP contribution in [0.4, 0.5) is 0 Å². The van der Waals surface area contributed by atoms with Crippen LogP contribution in [0.3, 0.4) is 0 Å². The van der Waals surface area contributed by atoms with E-state index in [2.05, 4.69) is 12.2 Å². The lowest BCUT2D eigenvalue weighted by atomic mass is 10.1. The third-order valence-electron chi connectivity index (χ3n) is 4.42. The molecule has 0 heterocycles. The number of nitrogens with one attached hydrogen (secondary N) is 1. The molecule has 1 aliphatic carbocycles. The molecule has 114 valence electrons. The van der Waals surface area contributed by atoms with E-state index in [0.29, 0.717) is 6.04 Å². The summed E-state index contributed by atoms with van der Waals surface area (Å²) in [4.78, 5) is 0. The van der Waals surface area contributed by atoms with Crippen LogP contribution < -0.4 is 5.32 Å². The smallest absolute Gasteiger partial charge is 0.0693 e. The summed E-state index contributed by atoms with van der Waals surface area (Å²) in [7, 11) is 0. The Morgan fingerprint density at radius 2 is 1.47 bits per heavy atom. The summed E-state index contributed by atoms with van der Waals surface area (Å²) in [5, 5.41) is 13.6. The molecule has 0 aliphatic heterocycles. The van der Waals surface area contributed by atoms with E-state index < -0.39 is 0 Å². The average Bonchev–Trinajstić information content (AvgIpc) is 2.62. The molecule has 1 saturated carbocycles. The van der Waals surface area contributed by atoms with E-state index in [9.17, 15) is 5.11 Å². The molecule has 1 fully saturated rings. The molecule has 0 aromatic rings. The molecule has 0 saturated heterocycles. The maximum Gasteiger partial charge on any atom is 0.0693 e. The molecule has 2 N–H and O–H groups in total. The fraction of sp³-hybridized carbons (Fsp3) is 1.00. The Morgan fingerprint density at radius 1 is 0.842 bits per heavy atom. The zero-order valence-corrected chi connectivity index (χ0v) is 13.0. The lowest BCUT2D eigenvalue weighted by Crippen LogP contribution is -2.39. The van der Waals surface area contributed by atoms with Crippen LogP contribution in [0.1, 0.15) is 90.4 Å². The Bertz CT molecular complexity index is 196. The Labute approximate surface area is 120 Å². The van der Waals surface area contributed by atoms with Crippen LogP contribution >= 0.6 is 0 Å². The van der Waals surface area contributed by atoms with Crippen LogP contribution in [0.15, 0.2) is 0 Å². The summed E-state index contributed by atoms with van der Waals surface area (Å²) in [6, 6.07) is 0.368. The van der Waals surface area contributed by atoms with Crippen molar-refractivity contribution in [3.8, 4) is 0 Å². The van der Waals surface area contributed by atoms with Gasteiger partial charge in [0.2, 0.25) is 0 Å². The SMILES string of the molecule is CCCCCCCCCCNC1CCCCCC1O. The highest BCUT2D eigenvalue weighted by atomic mass is 16.3. The topological polar surface area (TPSA) is 32.3 Å².